The Morgan fingerprint density at radius 1 is 0.974 bits per heavy atom. The monoisotopic (exact) mass is 529 g/mol. The Labute approximate surface area is 221 Å². The summed E-state index contributed by atoms with van der Waals surface area (Å²) in [6.07, 6.45) is -0.970. The lowest BCUT2D eigenvalue weighted by Gasteiger charge is -2.45. The zero-order valence-electron chi connectivity index (χ0n) is 21.9. The van der Waals surface area contributed by atoms with E-state index in [1.165, 1.54) is 12.1 Å². The van der Waals surface area contributed by atoms with Crippen molar-refractivity contribution in [1.29, 1.82) is 0 Å². The molecule has 38 heavy (non-hydrogen) atoms. The van der Waals surface area contributed by atoms with E-state index in [-0.39, 0.29) is 17.4 Å². The van der Waals surface area contributed by atoms with Crippen LogP contribution in [0.25, 0.3) is 11.1 Å². The molecule has 2 saturated heterocycles. The summed E-state index contributed by atoms with van der Waals surface area (Å²) in [6, 6.07) is 11.6. The number of hydrogen-bond donors (Lipinski definition) is 0. The summed E-state index contributed by atoms with van der Waals surface area (Å²) in [5.41, 5.74) is 2.76. The molecule has 5 rings (SSSR count). The highest BCUT2D eigenvalue weighted by molar-refractivity contribution is 5.95. The van der Waals surface area contributed by atoms with Crippen LogP contribution in [0.3, 0.4) is 0 Å². The van der Waals surface area contributed by atoms with E-state index in [1.807, 2.05) is 24.0 Å². The van der Waals surface area contributed by atoms with Gasteiger partial charge in [0.1, 0.15) is 0 Å². The first-order valence-electron chi connectivity index (χ1n) is 13.4. The van der Waals surface area contributed by atoms with Gasteiger partial charge in [-0.05, 0) is 86.7 Å². The predicted molar refractivity (Wildman–Crippen MR) is 139 cm³/mol. The Bertz CT molecular complexity index is 1180. The van der Waals surface area contributed by atoms with Crippen LogP contribution in [0.1, 0.15) is 50.7 Å². The minimum absolute atomic E-state index is 0.000767. The van der Waals surface area contributed by atoms with E-state index in [1.54, 1.807) is 11.8 Å². The molecule has 2 amide bonds. The average Bonchev–Trinajstić information content (AvgIpc) is 3.22. The van der Waals surface area contributed by atoms with Gasteiger partial charge in [0.05, 0.1) is 12.2 Å². The maximum absolute atomic E-state index is 13.0. The van der Waals surface area contributed by atoms with Crippen LogP contribution in [-0.2, 0) is 21.1 Å². The number of nitrogens with zero attached hydrogens (tertiary/aromatic N) is 3. The molecule has 0 N–H and O–H groups in total. The van der Waals surface area contributed by atoms with Crippen LogP contribution >= 0.6 is 0 Å². The minimum atomic E-state index is -4.37. The second-order valence-corrected chi connectivity index (χ2v) is 10.6. The maximum Gasteiger partial charge on any atom is 0.416 e. The van der Waals surface area contributed by atoms with E-state index >= 15 is 0 Å². The number of rotatable bonds is 3. The first kappa shape index (κ1) is 26.5. The topological polar surface area (TPSA) is 53.1 Å². The van der Waals surface area contributed by atoms with E-state index < -0.39 is 11.7 Å². The number of carbonyl (C=O) groups is 2. The van der Waals surface area contributed by atoms with Crippen LogP contribution in [0.5, 0.6) is 0 Å². The molecule has 0 bridgehead atoms. The molecule has 0 atom stereocenters. The molecular formula is C29H34F3N3O3. The number of hydrogen-bond acceptors (Lipinski definition) is 4. The zero-order valence-corrected chi connectivity index (χ0v) is 21.9. The van der Waals surface area contributed by atoms with Crippen molar-refractivity contribution in [2.24, 2.45) is 0 Å². The molecule has 2 aromatic carbocycles. The van der Waals surface area contributed by atoms with Crippen molar-refractivity contribution < 1.29 is 27.5 Å². The third kappa shape index (κ3) is 5.00. The summed E-state index contributed by atoms with van der Waals surface area (Å²) >= 11 is 0. The van der Waals surface area contributed by atoms with Crippen molar-refractivity contribution in [1.82, 2.24) is 9.80 Å². The fourth-order valence-corrected chi connectivity index (χ4v) is 6.35. The summed E-state index contributed by atoms with van der Waals surface area (Å²) in [5, 5.41) is 0. The van der Waals surface area contributed by atoms with Gasteiger partial charge in [-0.2, -0.15) is 13.2 Å². The third-order valence-corrected chi connectivity index (χ3v) is 8.51. The van der Waals surface area contributed by atoms with Crippen molar-refractivity contribution >= 4 is 17.7 Å². The Morgan fingerprint density at radius 3 is 2.18 bits per heavy atom. The molecule has 3 aliphatic rings. The second kappa shape index (κ2) is 10.2. The Kier molecular flexibility index (Phi) is 7.15. The number of halogens is 3. The van der Waals surface area contributed by atoms with Gasteiger partial charge < -0.3 is 19.4 Å². The summed E-state index contributed by atoms with van der Waals surface area (Å²) < 4.78 is 44.3. The van der Waals surface area contributed by atoms with Gasteiger partial charge in [0, 0.05) is 43.7 Å². The molecule has 0 unspecified atom stereocenters. The van der Waals surface area contributed by atoms with Crippen LogP contribution in [-0.4, -0.2) is 67.2 Å². The zero-order chi connectivity index (χ0) is 27.1. The molecular weight excluding hydrogens is 495 g/mol. The van der Waals surface area contributed by atoms with Crippen molar-refractivity contribution in [2.75, 3.05) is 44.2 Å². The number of likely N-dealkylation sites (tertiary alicyclic amines) is 2. The standard InChI is InChI=1S/C29H34F3N3O3/c1-3-38-27(37)34-14-10-24(11-15-34)33-16-12-28(13-17-33)19-35(20(2)36)26-9-6-22(18-25(26)28)21-4-7-23(8-5-21)29(30,31)32/h4-9,18,24H,3,10-17,19H2,1-2H3. The summed E-state index contributed by atoms with van der Waals surface area (Å²) in [4.78, 5) is 30.7. The minimum Gasteiger partial charge on any atom is -0.450 e. The summed E-state index contributed by atoms with van der Waals surface area (Å²) in [7, 11) is 0. The fourth-order valence-electron chi connectivity index (χ4n) is 6.35. The van der Waals surface area contributed by atoms with Gasteiger partial charge in [-0.3, -0.25) is 4.79 Å². The van der Waals surface area contributed by atoms with E-state index in [9.17, 15) is 22.8 Å². The molecule has 2 fully saturated rings. The van der Waals surface area contributed by atoms with E-state index in [4.69, 9.17) is 4.74 Å². The van der Waals surface area contributed by atoms with Gasteiger partial charge in [-0.1, -0.05) is 18.2 Å². The first-order valence-corrected chi connectivity index (χ1v) is 13.4. The van der Waals surface area contributed by atoms with Crippen molar-refractivity contribution in [3.63, 3.8) is 0 Å². The maximum atomic E-state index is 13.0. The molecule has 6 nitrogen and oxygen atoms in total. The first-order chi connectivity index (χ1) is 18.1. The normalized spacial score (nSPS) is 20.0. The molecule has 3 heterocycles. The SMILES string of the molecule is CCOC(=O)N1CCC(N2CCC3(CC2)CN(C(C)=O)c2ccc(-c4ccc(C(F)(F)F)cc4)cc23)CC1. The predicted octanol–water partition coefficient (Wildman–Crippen LogP) is 5.69. The number of ether oxygens (including phenoxy) is 1. The van der Waals surface area contributed by atoms with Crippen LogP contribution in [0.4, 0.5) is 23.7 Å². The van der Waals surface area contributed by atoms with E-state index in [0.29, 0.717) is 32.3 Å². The molecule has 1 spiro atoms. The quantitative estimate of drug-likeness (QED) is 0.513. The lowest BCUT2D eigenvalue weighted by atomic mass is 9.73. The van der Waals surface area contributed by atoms with Gasteiger partial charge in [-0.15, -0.1) is 0 Å². The van der Waals surface area contributed by atoms with Crippen LogP contribution in [0, 0.1) is 0 Å². The highest BCUT2D eigenvalue weighted by atomic mass is 19.4. The Hall–Kier alpha value is -3.07. The lowest BCUT2D eigenvalue weighted by molar-refractivity contribution is -0.137. The molecule has 0 radical (unpaired) electrons. The molecule has 0 saturated carbocycles. The number of fused-ring (bicyclic) bond motifs is 2. The highest BCUT2D eigenvalue weighted by Gasteiger charge is 2.46. The number of anilines is 1. The fraction of sp³-hybridized carbons (Fsp3) is 0.517. The van der Waals surface area contributed by atoms with E-state index in [0.717, 1.165) is 73.3 Å². The van der Waals surface area contributed by atoms with Crippen molar-refractivity contribution in [2.45, 2.75) is 57.2 Å². The van der Waals surface area contributed by atoms with Crippen LogP contribution < -0.4 is 4.90 Å². The highest BCUT2D eigenvalue weighted by Crippen LogP contribution is 2.49. The lowest BCUT2D eigenvalue weighted by Crippen LogP contribution is -2.52. The summed E-state index contributed by atoms with van der Waals surface area (Å²) in [6.45, 7) is 7.61. The summed E-state index contributed by atoms with van der Waals surface area (Å²) in [5.74, 6) is -0.000767. The van der Waals surface area contributed by atoms with Gasteiger partial charge in [0.25, 0.3) is 0 Å². The number of amides is 2. The average molecular weight is 530 g/mol. The van der Waals surface area contributed by atoms with Gasteiger partial charge >= 0.3 is 12.3 Å². The van der Waals surface area contributed by atoms with Gasteiger partial charge in [-0.25, -0.2) is 4.79 Å². The Balaban J connectivity index is 1.33. The molecule has 3 aliphatic heterocycles. The van der Waals surface area contributed by atoms with E-state index in [2.05, 4.69) is 11.0 Å². The molecule has 2 aromatic rings. The largest absolute Gasteiger partial charge is 0.450 e. The number of alkyl halides is 3. The number of piperidine rings is 2. The Morgan fingerprint density at radius 2 is 1.61 bits per heavy atom. The number of benzene rings is 2. The van der Waals surface area contributed by atoms with Crippen molar-refractivity contribution in [3.05, 3.63) is 53.6 Å². The molecule has 204 valence electrons. The van der Waals surface area contributed by atoms with Crippen LogP contribution in [0.15, 0.2) is 42.5 Å². The third-order valence-electron chi connectivity index (χ3n) is 8.51. The van der Waals surface area contributed by atoms with Gasteiger partial charge in [0.15, 0.2) is 0 Å². The molecule has 0 aliphatic carbocycles. The van der Waals surface area contributed by atoms with Crippen molar-refractivity contribution in [3.8, 4) is 11.1 Å². The number of carbonyl (C=O) groups excluding carboxylic acids is 2. The second-order valence-electron chi connectivity index (χ2n) is 10.6. The smallest absolute Gasteiger partial charge is 0.416 e. The molecule has 0 aromatic heterocycles. The van der Waals surface area contributed by atoms with Gasteiger partial charge in [0.2, 0.25) is 5.91 Å². The molecule has 9 heteroatoms. The van der Waals surface area contributed by atoms with Crippen LogP contribution in [0.2, 0.25) is 0 Å².